The molecule has 0 amide bonds. The Labute approximate surface area is 87.3 Å². The molecule has 1 N–H and O–H groups in total. The Morgan fingerprint density at radius 1 is 1.50 bits per heavy atom. The van der Waals surface area contributed by atoms with Crippen LogP contribution in [-0.2, 0) is 0 Å². The number of rotatable bonds is 2. The molecule has 0 fully saturated rings. The highest BCUT2D eigenvalue weighted by molar-refractivity contribution is 6.33. The summed E-state index contributed by atoms with van der Waals surface area (Å²) in [6, 6.07) is 1.56. The second-order valence-corrected chi connectivity index (χ2v) is 3.40. The topological polar surface area (TPSA) is 46.5 Å². The summed E-state index contributed by atoms with van der Waals surface area (Å²) in [6.07, 6.45) is 0. The lowest BCUT2D eigenvalue weighted by molar-refractivity contribution is 0.0693. The summed E-state index contributed by atoms with van der Waals surface area (Å²) in [5, 5.41) is 9.26. The van der Waals surface area contributed by atoms with Gasteiger partial charge in [0.1, 0.15) is 5.56 Å². The van der Waals surface area contributed by atoms with Gasteiger partial charge in [-0.3, -0.25) is 0 Å². The average molecular weight is 215 g/mol. The van der Waals surface area contributed by atoms with Crippen molar-refractivity contribution in [3.8, 4) is 5.75 Å². The van der Waals surface area contributed by atoms with Crippen molar-refractivity contribution in [1.82, 2.24) is 0 Å². The van der Waals surface area contributed by atoms with Crippen molar-refractivity contribution < 1.29 is 14.6 Å². The standard InChI is InChI=1S/C10H11ClO3/c1-5-4-7(10(12)13)9(14-3)8(11)6(5)2/h4H,1-3H3,(H,12,13). The molecule has 0 aliphatic heterocycles. The van der Waals surface area contributed by atoms with Gasteiger partial charge in [0, 0.05) is 0 Å². The Hall–Kier alpha value is -1.22. The molecule has 14 heavy (non-hydrogen) atoms. The number of methoxy groups -OCH3 is 1. The molecule has 1 aromatic carbocycles. The van der Waals surface area contributed by atoms with Crippen LogP contribution >= 0.6 is 11.6 Å². The maximum atomic E-state index is 10.9. The Kier molecular flexibility index (Phi) is 3.01. The molecule has 0 heterocycles. The summed E-state index contributed by atoms with van der Waals surface area (Å²) >= 11 is 5.96. The summed E-state index contributed by atoms with van der Waals surface area (Å²) in [4.78, 5) is 10.9. The second-order valence-electron chi connectivity index (χ2n) is 3.02. The molecule has 0 saturated carbocycles. The van der Waals surface area contributed by atoms with Gasteiger partial charge in [0.2, 0.25) is 0 Å². The lowest BCUT2D eigenvalue weighted by Gasteiger charge is -2.11. The fourth-order valence-electron chi connectivity index (χ4n) is 1.21. The fourth-order valence-corrected chi connectivity index (χ4v) is 1.54. The van der Waals surface area contributed by atoms with Gasteiger partial charge in [0.05, 0.1) is 12.1 Å². The third-order valence-corrected chi connectivity index (χ3v) is 2.62. The van der Waals surface area contributed by atoms with Gasteiger partial charge in [-0.25, -0.2) is 4.79 Å². The molecule has 0 aliphatic carbocycles. The van der Waals surface area contributed by atoms with E-state index in [9.17, 15) is 4.79 Å². The number of hydrogen-bond donors (Lipinski definition) is 1. The zero-order valence-electron chi connectivity index (χ0n) is 8.22. The smallest absolute Gasteiger partial charge is 0.339 e. The minimum atomic E-state index is -1.04. The molecule has 76 valence electrons. The van der Waals surface area contributed by atoms with E-state index in [0.29, 0.717) is 5.02 Å². The number of benzene rings is 1. The van der Waals surface area contributed by atoms with Crippen molar-refractivity contribution in [1.29, 1.82) is 0 Å². The van der Waals surface area contributed by atoms with E-state index in [1.54, 1.807) is 6.07 Å². The van der Waals surface area contributed by atoms with Crippen LogP contribution in [0, 0.1) is 13.8 Å². The normalized spacial score (nSPS) is 10.0. The van der Waals surface area contributed by atoms with Crippen molar-refractivity contribution >= 4 is 17.6 Å². The van der Waals surface area contributed by atoms with E-state index in [1.807, 2.05) is 13.8 Å². The minimum Gasteiger partial charge on any atom is -0.494 e. The number of ether oxygens (including phenoxy) is 1. The zero-order valence-corrected chi connectivity index (χ0v) is 8.97. The highest BCUT2D eigenvalue weighted by atomic mass is 35.5. The number of carbonyl (C=O) groups is 1. The van der Waals surface area contributed by atoms with Crippen LogP contribution in [0.15, 0.2) is 6.07 Å². The van der Waals surface area contributed by atoms with E-state index in [1.165, 1.54) is 7.11 Å². The van der Waals surface area contributed by atoms with E-state index in [-0.39, 0.29) is 11.3 Å². The predicted octanol–water partition coefficient (Wildman–Crippen LogP) is 2.66. The van der Waals surface area contributed by atoms with Gasteiger partial charge >= 0.3 is 5.97 Å². The molecule has 1 aromatic rings. The molecule has 0 unspecified atom stereocenters. The maximum Gasteiger partial charge on any atom is 0.339 e. The fraction of sp³-hybridized carbons (Fsp3) is 0.300. The quantitative estimate of drug-likeness (QED) is 0.823. The van der Waals surface area contributed by atoms with Gasteiger partial charge in [0.15, 0.2) is 5.75 Å². The summed E-state index contributed by atoms with van der Waals surface area (Å²) in [6.45, 7) is 3.64. The van der Waals surface area contributed by atoms with Crippen molar-refractivity contribution in [2.75, 3.05) is 7.11 Å². The summed E-state index contributed by atoms with van der Waals surface area (Å²) in [5.74, 6) is -0.811. The third kappa shape index (κ3) is 1.68. The second kappa shape index (κ2) is 3.88. The predicted molar refractivity (Wildman–Crippen MR) is 54.4 cm³/mol. The van der Waals surface area contributed by atoms with Crippen molar-refractivity contribution in [3.63, 3.8) is 0 Å². The number of halogens is 1. The molecule has 3 nitrogen and oxygen atoms in total. The lowest BCUT2D eigenvalue weighted by Crippen LogP contribution is -2.03. The highest BCUT2D eigenvalue weighted by Crippen LogP contribution is 2.33. The number of aromatic carboxylic acids is 1. The lowest BCUT2D eigenvalue weighted by atomic mass is 10.0. The first-order chi connectivity index (χ1) is 6.49. The van der Waals surface area contributed by atoms with E-state index >= 15 is 0 Å². The summed E-state index contributed by atoms with van der Waals surface area (Å²) in [5.41, 5.74) is 1.78. The number of hydrogen-bond acceptors (Lipinski definition) is 2. The monoisotopic (exact) mass is 214 g/mol. The Bertz CT molecular complexity index is 385. The van der Waals surface area contributed by atoms with Crippen molar-refractivity contribution in [2.45, 2.75) is 13.8 Å². The molecule has 0 radical (unpaired) electrons. The minimum absolute atomic E-state index is 0.0978. The summed E-state index contributed by atoms with van der Waals surface area (Å²) in [7, 11) is 1.41. The molecule has 0 saturated heterocycles. The van der Waals surface area contributed by atoms with Crippen LogP contribution in [0.25, 0.3) is 0 Å². The molecule has 0 aromatic heterocycles. The van der Waals surface area contributed by atoms with Crippen LogP contribution in [0.4, 0.5) is 0 Å². The molecular weight excluding hydrogens is 204 g/mol. The third-order valence-electron chi connectivity index (χ3n) is 2.16. The average Bonchev–Trinajstić information content (AvgIpc) is 2.13. The van der Waals surface area contributed by atoms with Gasteiger partial charge in [-0.2, -0.15) is 0 Å². The Balaban J connectivity index is 3.51. The molecule has 4 heteroatoms. The van der Waals surface area contributed by atoms with E-state index in [0.717, 1.165) is 11.1 Å². The van der Waals surface area contributed by atoms with Crippen molar-refractivity contribution in [3.05, 3.63) is 27.8 Å². The van der Waals surface area contributed by atoms with Gasteiger partial charge in [-0.05, 0) is 31.0 Å². The SMILES string of the molecule is COc1c(C(=O)O)cc(C)c(C)c1Cl. The van der Waals surface area contributed by atoms with Crippen LogP contribution in [0.3, 0.4) is 0 Å². The molecule has 0 atom stereocenters. The van der Waals surface area contributed by atoms with E-state index < -0.39 is 5.97 Å². The van der Waals surface area contributed by atoms with Crippen LogP contribution in [0.5, 0.6) is 5.75 Å². The number of carboxylic acid groups (broad SMARTS) is 1. The first-order valence-electron chi connectivity index (χ1n) is 4.06. The van der Waals surface area contributed by atoms with Gasteiger partial charge in [-0.1, -0.05) is 11.6 Å². The number of carboxylic acids is 1. The Morgan fingerprint density at radius 2 is 2.07 bits per heavy atom. The van der Waals surface area contributed by atoms with Crippen LogP contribution in [0.1, 0.15) is 21.5 Å². The molecule has 0 aliphatic rings. The van der Waals surface area contributed by atoms with E-state index in [4.69, 9.17) is 21.4 Å². The van der Waals surface area contributed by atoms with Crippen LogP contribution in [-0.4, -0.2) is 18.2 Å². The number of aryl methyl sites for hydroxylation is 1. The van der Waals surface area contributed by atoms with Gasteiger partial charge < -0.3 is 9.84 Å². The van der Waals surface area contributed by atoms with Crippen LogP contribution in [0.2, 0.25) is 5.02 Å². The summed E-state index contributed by atoms with van der Waals surface area (Å²) < 4.78 is 4.96. The Morgan fingerprint density at radius 3 is 2.50 bits per heavy atom. The highest BCUT2D eigenvalue weighted by Gasteiger charge is 2.17. The zero-order chi connectivity index (χ0) is 10.9. The maximum absolute atomic E-state index is 10.9. The van der Waals surface area contributed by atoms with Crippen LogP contribution < -0.4 is 4.74 Å². The largest absolute Gasteiger partial charge is 0.494 e. The molecule has 0 bridgehead atoms. The molecule has 0 spiro atoms. The molecule has 1 rings (SSSR count). The molecular formula is C10H11ClO3. The first kappa shape index (κ1) is 10.9. The first-order valence-corrected chi connectivity index (χ1v) is 4.43. The van der Waals surface area contributed by atoms with Crippen molar-refractivity contribution in [2.24, 2.45) is 0 Å². The van der Waals surface area contributed by atoms with Gasteiger partial charge in [-0.15, -0.1) is 0 Å². The van der Waals surface area contributed by atoms with Gasteiger partial charge in [0.25, 0.3) is 0 Å². The van der Waals surface area contributed by atoms with E-state index in [2.05, 4.69) is 0 Å².